The van der Waals surface area contributed by atoms with Crippen molar-refractivity contribution in [3.8, 4) is 5.75 Å². The van der Waals surface area contributed by atoms with E-state index >= 15 is 0 Å². The minimum absolute atomic E-state index is 0.165. The Morgan fingerprint density at radius 2 is 1.69 bits per heavy atom. The Labute approximate surface area is 234 Å². The number of amides is 3. The van der Waals surface area contributed by atoms with Gasteiger partial charge in [-0.15, -0.1) is 0 Å². The van der Waals surface area contributed by atoms with Gasteiger partial charge >= 0.3 is 0 Å². The van der Waals surface area contributed by atoms with Crippen LogP contribution in [0, 0.1) is 0 Å². The van der Waals surface area contributed by atoms with Crippen LogP contribution in [0.15, 0.2) is 70.0 Å². The molecule has 3 aromatic carbocycles. The van der Waals surface area contributed by atoms with Crippen molar-refractivity contribution in [1.82, 2.24) is 4.90 Å². The fourth-order valence-electron chi connectivity index (χ4n) is 3.25. The maximum absolute atomic E-state index is 12.8. The SMILES string of the molecule is O=C(CN1C(=O)S/C(=C/c2cc(Cl)c(OCc3ccccc3Cl)c(Br)c2)C1=O)Nc1ccccc1Cl. The smallest absolute Gasteiger partial charge is 0.294 e. The lowest BCUT2D eigenvalue weighted by molar-refractivity contribution is -0.127. The highest BCUT2D eigenvalue weighted by atomic mass is 79.9. The zero-order chi connectivity index (χ0) is 25.8. The third-order valence-corrected chi connectivity index (χ3v) is 7.45. The fraction of sp³-hybridized carbons (Fsp3) is 0.0800. The average Bonchev–Trinajstić information content (AvgIpc) is 3.08. The zero-order valence-electron chi connectivity index (χ0n) is 18.3. The summed E-state index contributed by atoms with van der Waals surface area (Å²) < 4.78 is 6.41. The first-order chi connectivity index (χ1) is 17.2. The summed E-state index contributed by atoms with van der Waals surface area (Å²) in [5.41, 5.74) is 1.77. The lowest BCUT2D eigenvalue weighted by Gasteiger charge is -2.13. The van der Waals surface area contributed by atoms with Crippen molar-refractivity contribution in [2.75, 3.05) is 11.9 Å². The summed E-state index contributed by atoms with van der Waals surface area (Å²) in [6, 6.07) is 17.3. The molecule has 3 aromatic rings. The minimum atomic E-state index is -0.578. The zero-order valence-corrected chi connectivity index (χ0v) is 22.9. The molecule has 6 nitrogen and oxygen atoms in total. The van der Waals surface area contributed by atoms with E-state index in [1.165, 1.54) is 6.08 Å². The Kier molecular flexibility index (Phi) is 8.64. The van der Waals surface area contributed by atoms with E-state index in [0.29, 0.717) is 36.5 Å². The van der Waals surface area contributed by atoms with Crippen LogP contribution in [-0.2, 0) is 16.2 Å². The van der Waals surface area contributed by atoms with Gasteiger partial charge in [-0.05, 0) is 69.7 Å². The van der Waals surface area contributed by atoms with Crippen molar-refractivity contribution in [2.45, 2.75) is 6.61 Å². The molecule has 1 fully saturated rings. The Hall–Kier alpha value is -2.49. The number of hydrogen-bond acceptors (Lipinski definition) is 5. The topological polar surface area (TPSA) is 75.7 Å². The van der Waals surface area contributed by atoms with Crippen molar-refractivity contribution in [3.63, 3.8) is 0 Å². The number of para-hydroxylation sites is 1. The number of ether oxygens (including phenoxy) is 1. The summed E-state index contributed by atoms with van der Waals surface area (Å²) in [6.45, 7) is -0.223. The number of nitrogens with zero attached hydrogens (tertiary/aromatic N) is 1. The van der Waals surface area contributed by atoms with Gasteiger partial charge in [0.15, 0.2) is 5.75 Å². The third-order valence-electron chi connectivity index (χ3n) is 4.97. The van der Waals surface area contributed by atoms with Gasteiger partial charge in [0.05, 0.1) is 25.1 Å². The number of carbonyl (C=O) groups is 3. The van der Waals surface area contributed by atoms with Gasteiger partial charge in [-0.25, -0.2) is 0 Å². The maximum Gasteiger partial charge on any atom is 0.294 e. The Balaban J connectivity index is 1.45. The number of thioether (sulfide) groups is 1. The molecular weight excluding hydrogens is 611 g/mol. The van der Waals surface area contributed by atoms with E-state index in [1.807, 2.05) is 18.2 Å². The first kappa shape index (κ1) is 26.6. The van der Waals surface area contributed by atoms with Gasteiger partial charge < -0.3 is 10.1 Å². The number of rotatable bonds is 7. The predicted molar refractivity (Wildman–Crippen MR) is 148 cm³/mol. The van der Waals surface area contributed by atoms with Gasteiger partial charge in [0.1, 0.15) is 13.2 Å². The van der Waals surface area contributed by atoms with E-state index in [-0.39, 0.29) is 11.5 Å². The highest BCUT2D eigenvalue weighted by molar-refractivity contribution is 9.10. The molecule has 0 atom stereocenters. The molecule has 0 aromatic heterocycles. The first-order valence-corrected chi connectivity index (χ1v) is 13.1. The van der Waals surface area contributed by atoms with E-state index in [1.54, 1.807) is 42.5 Å². The number of nitrogens with one attached hydrogen (secondary N) is 1. The molecule has 0 radical (unpaired) electrons. The van der Waals surface area contributed by atoms with Gasteiger partial charge in [-0.2, -0.15) is 0 Å². The molecule has 1 aliphatic rings. The molecule has 3 amide bonds. The largest absolute Gasteiger partial charge is 0.486 e. The molecule has 0 unspecified atom stereocenters. The van der Waals surface area contributed by atoms with Crippen molar-refractivity contribution in [2.24, 2.45) is 0 Å². The van der Waals surface area contributed by atoms with Crippen LogP contribution in [0.5, 0.6) is 5.75 Å². The van der Waals surface area contributed by atoms with Crippen LogP contribution in [0.4, 0.5) is 10.5 Å². The van der Waals surface area contributed by atoms with E-state index < -0.39 is 23.6 Å². The summed E-state index contributed by atoms with van der Waals surface area (Å²) >= 11 is 22.8. The van der Waals surface area contributed by atoms with Crippen LogP contribution in [0.1, 0.15) is 11.1 Å². The van der Waals surface area contributed by atoms with Crippen LogP contribution in [0.3, 0.4) is 0 Å². The minimum Gasteiger partial charge on any atom is -0.486 e. The molecule has 1 saturated heterocycles. The monoisotopic (exact) mass is 624 g/mol. The first-order valence-electron chi connectivity index (χ1n) is 10.4. The number of hydrogen-bond donors (Lipinski definition) is 1. The number of carbonyl (C=O) groups excluding carboxylic acids is 3. The Bertz CT molecular complexity index is 1380. The molecular formula is C25H16BrCl3N2O4S. The molecule has 1 heterocycles. The molecule has 0 spiro atoms. The second kappa shape index (κ2) is 11.7. The van der Waals surface area contributed by atoms with Gasteiger partial charge in [0, 0.05) is 10.6 Å². The van der Waals surface area contributed by atoms with Gasteiger partial charge in [0.2, 0.25) is 5.91 Å². The van der Waals surface area contributed by atoms with E-state index in [2.05, 4.69) is 21.2 Å². The Morgan fingerprint density at radius 1 is 1.00 bits per heavy atom. The molecule has 0 aliphatic carbocycles. The summed E-state index contributed by atoms with van der Waals surface area (Å²) in [7, 11) is 0. The van der Waals surface area contributed by atoms with Crippen LogP contribution in [0.2, 0.25) is 15.1 Å². The molecule has 0 bridgehead atoms. The van der Waals surface area contributed by atoms with Crippen LogP contribution < -0.4 is 10.1 Å². The number of benzene rings is 3. The average molecular weight is 627 g/mol. The van der Waals surface area contributed by atoms with Gasteiger partial charge in [-0.3, -0.25) is 19.3 Å². The molecule has 1 N–H and O–H groups in total. The quantitative estimate of drug-likeness (QED) is 0.273. The summed E-state index contributed by atoms with van der Waals surface area (Å²) in [5.74, 6) is -0.707. The van der Waals surface area contributed by atoms with Crippen molar-refractivity contribution < 1.29 is 19.1 Å². The summed E-state index contributed by atoms with van der Waals surface area (Å²) in [4.78, 5) is 38.7. The number of imide groups is 1. The summed E-state index contributed by atoms with van der Waals surface area (Å²) in [6.07, 6.45) is 1.53. The highest BCUT2D eigenvalue weighted by Crippen LogP contribution is 2.38. The lowest BCUT2D eigenvalue weighted by Crippen LogP contribution is -2.36. The third kappa shape index (κ3) is 6.25. The van der Waals surface area contributed by atoms with Crippen molar-refractivity contribution in [1.29, 1.82) is 0 Å². The van der Waals surface area contributed by atoms with Crippen molar-refractivity contribution >= 4 is 91.3 Å². The van der Waals surface area contributed by atoms with Crippen LogP contribution in [-0.4, -0.2) is 28.5 Å². The van der Waals surface area contributed by atoms with Crippen LogP contribution in [0.25, 0.3) is 6.08 Å². The summed E-state index contributed by atoms with van der Waals surface area (Å²) in [5, 5.41) is 3.29. The second-order valence-electron chi connectivity index (χ2n) is 7.49. The molecule has 1 aliphatic heterocycles. The maximum atomic E-state index is 12.8. The van der Waals surface area contributed by atoms with E-state index in [9.17, 15) is 14.4 Å². The molecule has 0 saturated carbocycles. The van der Waals surface area contributed by atoms with Crippen molar-refractivity contribution in [3.05, 3.63) is 96.2 Å². The molecule has 36 heavy (non-hydrogen) atoms. The molecule has 4 rings (SSSR count). The molecule has 11 heteroatoms. The molecule has 184 valence electrons. The number of anilines is 1. The van der Waals surface area contributed by atoms with Crippen LogP contribution >= 0.6 is 62.5 Å². The fourth-order valence-corrected chi connectivity index (χ4v) is 5.45. The van der Waals surface area contributed by atoms with Gasteiger partial charge in [0.25, 0.3) is 11.1 Å². The second-order valence-corrected chi connectivity index (χ2v) is 10.6. The van der Waals surface area contributed by atoms with E-state index in [4.69, 9.17) is 39.5 Å². The lowest BCUT2D eigenvalue weighted by atomic mass is 10.2. The highest BCUT2D eigenvalue weighted by Gasteiger charge is 2.36. The predicted octanol–water partition coefficient (Wildman–Crippen LogP) is 7.66. The normalized spacial score (nSPS) is 14.4. The Morgan fingerprint density at radius 3 is 2.39 bits per heavy atom. The van der Waals surface area contributed by atoms with E-state index in [0.717, 1.165) is 22.2 Å². The van der Waals surface area contributed by atoms with Gasteiger partial charge in [-0.1, -0.05) is 65.1 Å². The standard InChI is InChI=1S/C25H16BrCl3N2O4S/c26-16-9-14(10-19(29)23(16)35-13-15-5-1-2-6-17(15)27)11-21-24(33)31(25(34)36-21)12-22(32)30-20-8-4-3-7-18(20)28/h1-11H,12-13H2,(H,30,32)/b21-11+. The number of halogens is 4.